The number of hydrogen-bond acceptors (Lipinski definition) is 4. The lowest BCUT2D eigenvalue weighted by Crippen LogP contribution is -2.34. The lowest BCUT2D eigenvalue weighted by molar-refractivity contribution is 0.220. The summed E-state index contributed by atoms with van der Waals surface area (Å²) < 4.78 is 5.71. The van der Waals surface area contributed by atoms with E-state index in [0.717, 1.165) is 37.4 Å². The Kier molecular flexibility index (Phi) is 5.37. The van der Waals surface area contributed by atoms with E-state index in [2.05, 4.69) is 83.4 Å². The number of oxazole rings is 1. The predicted molar refractivity (Wildman–Crippen MR) is 108 cm³/mol. The van der Waals surface area contributed by atoms with Crippen molar-refractivity contribution in [3.8, 4) is 11.5 Å². The van der Waals surface area contributed by atoms with Gasteiger partial charge in [-0.3, -0.25) is 9.80 Å². The Morgan fingerprint density at radius 1 is 1.11 bits per heavy atom. The monoisotopic (exact) mass is 361 g/mol. The maximum absolute atomic E-state index is 5.71. The van der Waals surface area contributed by atoms with Gasteiger partial charge < -0.3 is 4.42 Å². The molecule has 27 heavy (non-hydrogen) atoms. The third-order valence-corrected chi connectivity index (χ3v) is 5.38. The van der Waals surface area contributed by atoms with Crippen LogP contribution < -0.4 is 0 Å². The van der Waals surface area contributed by atoms with Gasteiger partial charge in [-0.25, -0.2) is 4.98 Å². The second-order valence-corrected chi connectivity index (χ2v) is 7.59. The largest absolute Gasteiger partial charge is 0.444 e. The molecule has 4 heteroatoms. The minimum absolute atomic E-state index is 0.563. The summed E-state index contributed by atoms with van der Waals surface area (Å²) in [4.78, 5) is 9.63. The molecule has 4 rings (SSSR count). The van der Waals surface area contributed by atoms with Gasteiger partial charge in [0.1, 0.15) is 6.26 Å². The smallest absolute Gasteiger partial charge is 0.226 e. The molecule has 0 radical (unpaired) electrons. The molecule has 2 aromatic carbocycles. The molecule has 0 N–H and O–H groups in total. The van der Waals surface area contributed by atoms with E-state index in [1.54, 1.807) is 6.26 Å². The zero-order valence-electron chi connectivity index (χ0n) is 16.1. The van der Waals surface area contributed by atoms with Crippen molar-refractivity contribution in [1.82, 2.24) is 14.8 Å². The zero-order chi connectivity index (χ0) is 18.6. The number of likely N-dealkylation sites (tertiary alicyclic amines) is 1. The molecule has 3 aromatic rings. The van der Waals surface area contributed by atoms with Crippen molar-refractivity contribution in [3.63, 3.8) is 0 Å². The Labute approximate surface area is 161 Å². The van der Waals surface area contributed by atoms with E-state index < -0.39 is 0 Å². The van der Waals surface area contributed by atoms with Gasteiger partial charge in [0.25, 0.3) is 0 Å². The van der Waals surface area contributed by atoms with Crippen molar-refractivity contribution in [2.45, 2.75) is 32.5 Å². The molecule has 1 saturated heterocycles. The summed E-state index contributed by atoms with van der Waals surface area (Å²) in [7, 11) is 2.19. The fourth-order valence-electron chi connectivity index (χ4n) is 3.75. The van der Waals surface area contributed by atoms with E-state index in [0.29, 0.717) is 11.9 Å². The predicted octanol–water partition coefficient (Wildman–Crippen LogP) is 4.36. The molecule has 0 spiro atoms. The van der Waals surface area contributed by atoms with Crippen LogP contribution in [0, 0.1) is 6.92 Å². The molecule has 140 valence electrons. The number of likely N-dealkylation sites (N-methyl/N-ethyl adjacent to an activating group) is 1. The number of benzene rings is 2. The van der Waals surface area contributed by atoms with E-state index in [1.807, 2.05) is 0 Å². The van der Waals surface area contributed by atoms with Crippen LogP contribution in [0.1, 0.15) is 23.2 Å². The van der Waals surface area contributed by atoms with Crippen molar-refractivity contribution in [2.75, 3.05) is 20.1 Å². The van der Waals surface area contributed by atoms with Crippen LogP contribution in [0.2, 0.25) is 0 Å². The number of aromatic nitrogens is 1. The van der Waals surface area contributed by atoms with E-state index >= 15 is 0 Å². The molecule has 1 aliphatic rings. The summed E-state index contributed by atoms with van der Waals surface area (Å²) in [6, 6.07) is 19.6. The molecular weight excluding hydrogens is 334 g/mol. The minimum atomic E-state index is 0.563. The van der Waals surface area contributed by atoms with Gasteiger partial charge in [-0.1, -0.05) is 48.0 Å². The summed E-state index contributed by atoms with van der Waals surface area (Å²) in [5.74, 6) is 0.704. The second kappa shape index (κ2) is 8.07. The summed E-state index contributed by atoms with van der Waals surface area (Å²) in [6.07, 6.45) is 2.99. The van der Waals surface area contributed by atoms with E-state index in [9.17, 15) is 0 Å². The first-order valence-corrected chi connectivity index (χ1v) is 9.65. The Morgan fingerprint density at radius 2 is 1.89 bits per heavy atom. The average molecular weight is 361 g/mol. The van der Waals surface area contributed by atoms with Gasteiger partial charge in [0.05, 0.1) is 5.69 Å². The number of rotatable bonds is 6. The normalized spacial score (nSPS) is 17.7. The average Bonchev–Trinajstić information content (AvgIpc) is 3.33. The van der Waals surface area contributed by atoms with Crippen LogP contribution in [-0.2, 0) is 13.1 Å². The van der Waals surface area contributed by atoms with Crippen LogP contribution in [0.4, 0.5) is 0 Å². The highest BCUT2D eigenvalue weighted by molar-refractivity contribution is 5.53. The van der Waals surface area contributed by atoms with E-state index in [4.69, 9.17) is 4.42 Å². The maximum atomic E-state index is 5.71. The summed E-state index contributed by atoms with van der Waals surface area (Å²) in [6.45, 7) is 6.19. The quantitative estimate of drug-likeness (QED) is 0.653. The standard InChI is InChI=1S/C23H27N3O/c1-18-8-10-20(11-9-18)23-24-21(17-27-23)15-25(2)22-12-13-26(16-22)14-19-6-4-3-5-7-19/h3-11,17,22H,12-16H2,1-2H3. The SMILES string of the molecule is Cc1ccc(-c2nc(CN(C)C3CCN(Cc4ccccc4)C3)co2)cc1. The van der Waals surface area contributed by atoms with Crippen LogP contribution in [0.3, 0.4) is 0 Å². The van der Waals surface area contributed by atoms with E-state index in [-0.39, 0.29) is 0 Å². The van der Waals surface area contributed by atoms with Crippen molar-refractivity contribution >= 4 is 0 Å². The lowest BCUT2D eigenvalue weighted by atomic mass is 10.1. The Morgan fingerprint density at radius 3 is 2.67 bits per heavy atom. The number of hydrogen-bond donors (Lipinski definition) is 0. The number of nitrogens with zero attached hydrogens (tertiary/aromatic N) is 3. The molecule has 1 fully saturated rings. The molecular formula is C23H27N3O. The zero-order valence-corrected chi connectivity index (χ0v) is 16.1. The van der Waals surface area contributed by atoms with Crippen molar-refractivity contribution in [1.29, 1.82) is 0 Å². The molecule has 1 atom stereocenters. The van der Waals surface area contributed by atoms with Crippen LogP contribution in [0.5, 0.6) is 0 Å². The summed E-state index contributed by atoms with van der Waals surface area (Å²) >= 11 is 0. The van der Waals surface area contributed by atoms with Gasteiger partial charge in [-0.15, -0.1) is 0 Å². The number of aryl methyl sites for hydroxylation is 1. The van der Waals surface area contributed by atoms with Crippen molar-refractivity contribution < 1.29 is 4.42 Å². The molecule has 0 saturated carbocycles. The first kappa shape index (κ1) is 18.0. The van der Waals surface area contributed by atoms with Crippen molar-refractivity contribution in [3.05, 3.63) is 77.7 Å². The molecule has 1 aromatic heterocycles. The fraction of sp³-hybridized carbons (Fsp3) is 0.348. The highest BCUT2D eigenvalue weighted by atomic mass is 16.3. The third-order valence-electron chi connectivity index (χ3n) is 5.38. The van der Waals surface area contributed by atoms with Crippen LogP contribution in [0.25, 0.3) is 11.5 Å². The molecule has 1 unspecified atom stereocenters. The van der Waals surface area contributed by atoms with Crippen molar-refractivity contribution in [2.24, 2.45) is 0 Å². The molecule has 4 nitrogen and oxygen atoms in total. The Balaban J connectivity index is 1.33. The molecule has 2 heterocycles. The first-order chi connectivity index (χ1) is 13.2. The van der Waals surface area contributed by atoms with Gasteiger partial charge in [-0.05, 0) is 38.1 Å². The maximum Gasteiger partial charge on any atom is 0.226 e. The van der Waals surface area contributed by atoms with Gasteiger partial charge >= 0.3 is 0 Å². The van der Waals surface area contributed by atoms with Gasteiger partial charge in [0.15, 0.2) is 0 Å². The topological polar surface area (TPSA) is 32.5 Å². The van der Waals surface area contributed by atoms with E-state index in [1.165, 1.54) is 17.5 Å². The van der Waals surface area contributed by atoms with Crippen LogP contribution in [-0.4, -0.2) is 41.0 Å². The van der Waals surface area contributed by atoms with Gasteiger partial charge in [-0.2, -0.15) is 0 Å². The first-order valence-electron chi connectivity index (χ1n) is 9.65. The molecule has 0 amide bonds. The minimum Gasteiger partial charge on any atom is -0.444 e. The third kappa shape index (κ3) is 4.46. The Bertz CT molecular complexity index is 857. The highest BCUT2D eigenvalue weighted by Gasteiger charge is 2.26. The summed E-state index contributed by atoms with van der Waals surface area (Å²) in [5, 5.41) is 0. The Hall–Kier alpha value is -2.43. The highest BCUT2D eigenvalue weighted by Crippen LogP contribution is 2.22. The second-order valence-electron chi connectivity index (χ2n) is 7.59. The van der Waals surface area contributed by atoms with Crippen LogP contribution >= 0.6 is 0 Å². The molecule has 1 aliphatic heterocycles. The fourth-order valence-corrected chi connectivity index (χ4v) is 3.75. The molecule has 0 aliphatic carbocycles. The molecule has 0 bridgehead atoms. The van der Waals surface area contributed by atoms with Gasteiger partial charge in [0.2, 0.25) is 5.89 Å². The summed E-state index contributed by atoms with van der Waals surface area (Å²) in [5.41, 5.74) is 4.66. The van der Waals surface area contributed by atoms with Crippen LogP contribution in [0.15, 0.2) is 65.3 Å². The van der Waals surface area contributed by atoms with Gasteiger partial charge in [0, 0.05) is 37.8 Å². The lowest BCUT2D eigenvalue weighted by Gasteiger charge is -2.23.